The van der Waals surface area contributed by atoms with Crippen LogP contribution in [0.3, 0.4) is 0 Å². The van der Waals surface area contributed by atoms with Crippen molar-refractivity contribution >= 4 is 27.3 Å². The van der Waals surface area contributed by atoms with Crippen LogP contribution in [0, 0.1) is 0 Å². The molecule has 0 heterocycles. The van der Waals surface area contributed by atoms with Crippen LogP contribution in [0.5, 0.6) is 0 Å². The molecule has 1 rings (SSSR count). The zero-order chi connectivity index (χ0) is 13.8. The molecule has 0 radical (unpaired) electrons. The average molecular weight is 278 g/mol. The number of rotatable bonds is 5. The van der Waals surface area contributed by atoms with Gasteiger partial charge in [-0.15, -0.1) is 0 Å². The molecule has 1 amide bonds. The van der Waals surface area contributed by atoms with Crippen LogP contribution in [0.15, 0.2) is 24.3 Å². The molecule has 1 aromatic carbocycles. The molecule has 0 aliphatic carbocycles. The number of carbonyl (C=O) groups excluding carboxylic acids is 1. The molecule has 0 atom stereocenters. The highest BCUT2D eigenvalue weighted by Crippen LogP contribution is 2.15. The largest absolute Gasteiger partial charge is 0.321 e. The monoisotopic (exact) mass is 278 g/mol. The lowest BCUT2D eigenvalue weighted by Crippen LogP contribution is -2.20. The van der Waals surface area contributed by atoms with Gasteiger partial charge >= 0.3 is 6.43 Å². The summed E-state index contributed by atoms with van der Waals surface area (Å²) in [5, 5.41) is 1.98. The van der Waals surface area contributed by atoms with Crippen molar-refractivity contribution in [2.75, 3.05) is 15.8 Å². The normalized spacial score (nSPS) is 11.3. The van der Waals surface area contributed by atoms with Crippen molar-refractivity contribution in [3.8, 4) is 0 Å². The third-order valence-electron chi connectivity index (χ3n) is 2.00. The van der Waals surface area contributed by atoms with Gasteiger partial charge in [-0.05, 0) is 31.2 Å². The number of hydrogen-bond donors (Lipinski definition) is 2. The Kier molecular flexibility index (Phi) is 4.60. The van der Waals surface area contributed by atoms with Crippen LogP contribution in [-0.4, -0.2) is 26.5 Å². The summed E-state index contributed by atoms with van der Waals surface area (Å²) < 4.78 is 48.7. The fraction of sp³-hybridized carbons (Fsp3) is 0.300. The van der Waals surface area contributed by atoms with Gasteiger partial charge in [-0.25, -0.2) is 8.42 Å². The van der Waals surface area contributed by atoms with Gasteiger partial charge < -0.3 is 5.32 Å². The van der Waals surface area contributed by atoms with Crippen LogP contribution in [0.25, 0.3) is 0 Å². The second-order valence-corrected chi connectivity index (χ2v) is 5.38. The highest BCUT2D eigenvalue weighted by molar-refractivity contribution is 7.92. The second kappa shape index (κ2) is 5.76. The summed E-state index contributed by atoms with van der Waals surface area (Å²) in [6, 6.07) is 5.39. The maximum absolute atomic E-state index is 12.0. The summed E-state index contributed by atoms with van der Waals surface area (Å²) >= 11 is 0. The number of nitrogens with one attached hydrogen (secondary N) is 2. The quantitative estimate of drug-likeness (QED) is 0.860. The molecule has 100 valence electrons. The topological polar surface area (TPSA) is 75.3 Å². The first kappa shape index (κ1) is 14.4. The fourth-order valence-electron chi connectivity index (χ4n) is 1.07. The highest BCUT2D eigenvalue weighted by atomic mass is 32.2. The van der Waals surface area contributed by atoms with Crippen LogP contribution in [0.4, 0.5) is 20.2 Å². The average Bonchev–Trinajstić information content (AvgIpc) is 2.31. The molecular weight excluding hydrogens is 266 g/mol. The number of benzene rings is 1. The minimum Gasteiger partial charge on any atom is -0.321 e. The van der Waals surface area contributed by atoms with E-state index in [0.717, 1.165) is 0 Å². The highest BCUT2D eigenvalue weighted by Gasteiger charge is 2.14. The molecule has 0 saturated heterocycles. The molecule has 2 N–H and O–H groups in total. The first-order chi connectivity index (χ1) is 8.34. The molecule has 0 aliphatic heterocycles. The van der Waals surface area contributed by atoms with Crippen LogP contribution in [-0.2, 0) is 14.8 Å². The molecular formula is C10H12F2N2O3S. The van der Waals surface area contributed by atoms with Gasteiger partial charge in [0.05, 0.1) is 5.75 Å². The predicted molar refractivity (Wildman–Crippen MR) is 64.2 cm³/mol. The van der Waals surface area contributed by atoms with E-state index in [4.69, 9.17) is 0 Å². The van der Waals surface area contributed by atoms with E-state index in [0.29, 0.717) is 5.69 Å². The van der Waals surface area contributed by atoms with Crippen LogP contribution < -0.4 is 10.0 Å². The molecule has 0 bridgehead atoms. The molecule has 0 aromatic heterocycles. The van der Waals surface area contributed by atoms with Crippen molar-refractivity contribution < 1.29 is 22.0 Å². The number of amides is 1. The van der Waals surface area contributed by atoms with Gasteiger partial charge in [-0.2, -0.15) is 8.78 Å². The van der Waals surface area contributed by atoms with Crippen LogP contribution in [0.1, 0.15) is 6.92 Å². The number of sulfonamides is 1. The van der Waals surface area contributed by atoms with Crippen LogP contribution >= 0.6 is 0 Å². The lowest BCUT2D eigenvalue weighted by atomic mass is 10.3. The Bertz CT molecular complexity index is 514. The minimum absolute atomic E-state index is 0.0725. The Morgan fingerprint density at radius 2 is 1.72 bits per heavy atom. The third-order valence-corrected chi connectivity index (χ3v) is 3.31. The fourth-order valence-corrected chi connectivity index (χ4v) is 1.71. The Morgan fingerprint density at radius 1 is 1.22 bits per heavy atom. The van der Waals surface area contributed by atoms with E-state index in [9.17, 15) is 22.0 Å². The van der Waals surface area contributed by atoms with Crippen molar-refractivity contribution in [2.45, 2.75) is 13.3 Å². The molecule has 18 heavy (non-hydrogen) atoms. The van der Waals surface area contributed by atoms with Crippen LogP contribution in [0.2, 0.25) is 0 Å². The van der Waals surface area contributed by atoms with Gasteiger partial charge in [-0.1, -0.05) is 0 Å². The number of hydrogen-bond acceptors (Lipinski definition) is 3. The molecule has 5 nitrogen and oxygen atoms in total. The summed E-state index contributed by atoms with van der Waals surface area (Å²) in [5.41, 5.74) is 0.464. The Balaban J connectivity index is 2.72. The summed E-state index contributed by atoms with van der Waals surface area (Å²) in [5.74, 6) is -1.48. The van der Waals surface area contributed by atoms with Crippen molar-refractivity contribution in [2.24, 2.45) is 0 Å². The van der Waals surface area contributed by atoms with E-state index in [-0.39, 0.29) is 11.4 Å². The van der Waals surface area contributed by atoms with Crippen molar-refractivity contribution in [1.29, 1.82) is 0 Å². The number of carbonyl (C=O) groups is 1. The molecule has 8 heteroatoms. The maximum Gasteiger partial charge on any atom is 0.315 e. The van der Waals surface area contributed by atoms with E-state index in [2.05, 4.69) is 4.72 Å². The van der Waals surface area contributed by atoms with E-state index in [1.54, 1.807) is 0 Å². The summed E-state index contributed by atoms with van der Waals surface area (Å²) in [6.45, 7) is 1.49. The van der Waals surface area contributed by atoms with E-state index >= 15 is 0 Å². The molecule has 0 unspecified atom stereocenters. The maximum atomic E-state index is 12.0. The van der Waals surface area contributed by atoms with Crippen molar-refractivity contribution in [3.63, 3.8) is 0 Å². The minimum atomic E-state index is -3.38. The SMILES string of the molecule is CCS(=O)(=O)Nc1ccc(NC(=O)C(F)F)cc1. The van der Waals surface area contributed by atoms with E-state index in [1.807, 2.05) is 5.32 Å². The summed E-state index contributed by atoms with van der Waals surface area (Å²) in [4.78, 5) is 10.7. The van der Waals surface area contributed by atoms with Gasteiger partial charge in [0.15, 0.2) is 0 Å². The second-order valence-electron chi connectivity index (χ2n) is 3.37. The van der Waals surface area contributed by atoms with Gasteiger partial charge in [0, 0.05) is 11.4 Å². The standard InChI is InChI=1S/C10H12F2N2O3S/c1-2-18(16,17)14-8-5-3-7(4-6-8)13-10(15)9(11)12/h3-6,9,14H,2H2,1H3,(H,13,15). The summed E-state index contributed by atoms with van der Waals surface area (Å²) in [7, 11) is -3.38. The predicted octanol–water partition coefficient (Wildman–Crippen LogP) is 1.65. The van der Waals surface area contributed by atoms with E-state index in [1.165, 1.54) is 31.2 Å². The smallest absolute Gasteiger partial charge is 0.315 e. The Hall–Kier alpha value is -1.70. The molecule has 1 aromatic rings. The van der Waals surface area contributed by atoms with E-state index < -0.39 is 22.4 Å². The lowest BCUT2D eigenvalue weighted by Gasteiger charge is -2.08. The lowest BCUT2D eigenvalue weighted by molar-refractivity contribution is -0.126. The first-order valence-electron chi connectivity index (χ1n) is 5.03. The number of alkyl halides is 2. The zero-order valence-electron chi connectivity index (χ0n) is 9.48. The summed E-state index contributed by atoms with van der Waals surface area (Å²) in [6.07, 6.45) is -3.09. The molecule has 0 spiro atoms. The van der Waals surface area contributed by atoms with Gasteiger partial charge in [0.2, 0.25) is 10.0 Å². The van der Waals surface area contributed by atoms with Crippen molar-refractivity contribution in [1.82, 2.24) is 0 Å². The van der Waals surface area contributed by atoms with Gasteiger partial charge in [0.25, 0.3) is 5.91 Å². The van der Waals surface area contributed by atoms with Gasteiger partial charge in [0.1, 0.15) is 0 Å². The number of anilines is 2. The number of halogens is 2. The third kappa shape index (κ3) is 4.28. The molecule has 0 fully saturated rings. The zero-order valence-corrected chi connectivity index (χ0v) is 10.3. The molecule has 0 aliphatic rings. The van der Waals surface area contributed by atoms with Crippen molar-refractivity contribution in [3.05, 3.63) is 24.3 Å². The molecule has 0 saturated carbocycles. The van der Waals surface area contributed by atoms with Gasteiger partial charge in [-0.3, -0.25) is 9.52 Å². The Morgan fingerprint density at radius 3 is 2.17 bits per heavy atom. The first-order valence-corrected chi connectivity index (χ1v) is 6.69. The Labute approximate surface area is 103 Å².